The quantitative estimate of drug-likeness (QED) is 0.213. The van der Waals surface area contributed by atoms with Gasteiger partial charge in [-0.2, -0.15) is 13.2 Å². The van der Waals surface area contributed by atoms with Crippen molar-refractivity contribution in [2.75, 3.05) is 45.3 Å². The zero-order valence-electron chi connectivity index (χ0n) is 24.4. The summed E-state index contributed by atoms with van der Waals surface area (Å²) < 4.78 is 50.2. The van der Waals surface area contributed by atoms with Crippen molar-refractivity contribution < 1.29 is 37.0 Å². The number of nitrogens with one attached hydrogen (secondary N) is 1. The first kappa shape index (κ1) is 31.0. The Hall–Kier alpha value is -4.48. The number of anilines is 1. The van der Waals surface area contributed by atoms with Crippen molar-refractivity contribution in [2.45, 2.75) is 26.2 Å². The molecule has 0 saturated carbocycles. The first-order chi connectivity index (χ1) is 21.0. The van der Waals surface area contributed by atoms with Crippen LogP contribution in [0.15, 0.2) is 66.7 Å². The average molecular weight is 608 g/mol. The second kappa shape index (κ2) is 13.0. The third-order valence-electron chi connectivity index (χ3n) is 7.71. The van der Waals surface area contributed by atoms with E-state index in [0.717, 1.165) is 23.3 Å². The maximum atomic E-state index is 13.3. The molecular weight excluding hydrogens is 575 g/mol. The molecule has 11 heteroatoms. The van der Waals surface area contributed by atoms with Crippen molar-refractivity contribution in [2.24, 2.45) is 0 Å². The highest BCUT2D eigenvalue weighted by Crippen LogP contribution is 2.34. The Bertz CT molecular complexity index is 1580. The van der Waals surface area contributed by atoms with Gasteiger partial charge in [0.2, 0.25) is 5.91 Å². The van der Waals surface area contributed by atoms with Crippen molar-refractivity contribution >= 4 is 34.6 Å². The molecule has 0 bridgehead atoms. The number of allylic oxidation sites excluding steroid dienone is 1. The maximum Gasteiger partial charge on any atom is 0.416 e. The van der Waals surface area contributed by atoms with Gasteiger partial charge < -0.3 is 19.7 Å². The van der Waals surface area contributed by atoms with Gasteiger partial charge in [-0.15, -0.1) is 0 Å². The van der Waals surface area contributed by atoms with Crippen molar-refractivity contribution in [1.29, 1.82) is 0 Å². The van der Waals surface area contributed by atoms with Crippen LogP contribution in [-0.2, 0) is 38.3 Å². The van der Waals surface area contributed by atoms with Gasteiger partial charge in [0, 0.05) is 37.4 Å². The van der Waals surface area contributed by atoms with E-state index in [1.807, 2.05) is 18.2 Å². The minimum atomic E-state index is -4.52. The van der Waals surface area contributed by atoms with E-state index in [1.165, 1.54) is 38.3 Å². The van der Waals surface area contributed by atoms with E-state index in [-0.39, 0.29) is 22.8 Å². The molecule has 0 radical (unpaired) electrons. The highest BCUT2D eigenvalue weighted by atomic mass is 19.4. The smallest absolute Gasteiger partial charge is 0.416 e. The molecule has 3 aromatic rings. The van der Waals surface area contributed by atoms with E-state index >= 15 is 0 Å². The minimum Gasteiger partial charge on any atom is -0.465 e. The van der Waals surface area contributed by atoms with Gasteiger partial charge >= 0.3 is 12.1 Å². The number of nitrogens with zero attached hydrogens (tertiary/aromatic N) is 2. The van der Waals surface area contributed by atoms with Gasteiger partial charge in [-0.25, -0.2) is 4.79 Å². The molecule has 8 nitrogen and oxygen atoms in total. The van der Waals surface area contributed by atoms with E-state index < -0.39 is 17.7 Å². The van der Waals surface area contributed by atoms with Crippen LogP contribution >= 0.6 is 0 Å². The van der Waals surface area contributed by atoms with Crippen LogP contribution in [0, 0.1) is 0 Å². The first-order valence-electron chi connectivity index (χ1n) is 14.1. The number of Topliss-reactive ketones (excluding diaryl/α,β-unsaturated/α-hetero) is 1. The number of alkyl halides is 3. The number of hydrogen-bond donors (Lipinski definition) is 1. The fourth-order valence-corrected chi connectivity index (χ4v) is 5.36. The number of fused-ring (bicyclic) bond motifs is 1. The van der Waals surface area contributed by atoms with Crippen LogP contribution < -0.4 is 5.32 Å². The molecule has 1 N–H and O–H groups in total. The second-order valence-corrected chi connectivity index (χ2v) is 10.7. The zero-order valence-corrected chi connectivity index (χ0v) is 24.4. The highest BCUT2D eigenvalue weighted by Gasteiger charge is 2.31. The van der Waals surface area contributed by atoms with Gasteiger partial charge in [0.25, 0.3) is 0 Å². The molecular formula is C33H32F3N3O5. The molecule has 2 heterocycles. The lowest BCUT2D eigenvalue weighted by Crippen LogP contribution is -2.43. The van der Waals surface area contributed by atoms with Crippen LogP contribution in [0.25, 0.3) is 11.3 Å². The van der Waals surface area contributed by atoms with Crippen LogP contribution in [0.1, 0.15) is 45.1 Å². The molecule has 230 valence electrons. The van der Waals surface area contributed by atoms with E-state index in [9.17, 15) is 27.6 Å². The average Bonchev–Trinajstić information content (AvgIpc) is 3.44. The molecule has 44 heavy (non-hydrogen) atoms. The number of carbonyl (C=O) groups excluding carboxylic acids is 3. The fourth-order valence-electron chi connectivity index (χ4n) is 5.36. The SMILES string of the molecule is COC(=O)c1ccc(/C(C(C)=O)=C(/Nc2ccc3c(c2)CN(C(=O)CN2CCOCC2)C3)c2ccc(C(F)(F)F)cc2)cc1. The van der Waals surface area contributed by atoms with Crippen LogP contribution in [0.3, 0.4) is 0 Å². The first-order valence-corrected chi connectivity index (χ1v) is 14.1. The zero-order chi connectivity index (χ0) is 31.4. The summed E-state index contributed by atoms with van der Waals surface area (Å²) in [5, 5.41) is 3.28. The van der Waals surface area contributed by atoms with Crippen molar-refractivity contribution in [1.82, 2.24) is 9.80 Å². The molecule has 1 saturated heterocycles. The van der Waals surface area contributed by atoms with Gasteiger partial charge in [-0.1, -0.05) is 30.3 Å². The number of morpholine rings is 1. The molecule has 0 aromatic heterocycles. The van der Waals surface area contributed by atoms with Crippen LogP contribution in [0.4, 0.5) is 18.9 Å². The van der Waals surface area contributed by atoms with E-state index in [2.05, 4.69) is 10.2 Å². The number of amides is 1. The summed E-state index contributed by atoms with van der Waals surface area (Å²) in [5.41, 5.74) is 3.36. The second-order valence-electron chi connectivity index (χ2n) is 10.7. The molecule has 0 atom stereocenters. The van der Waals surface area contributed by atoms with Crippen LogP contribution in [0.5, 0.6) is 0 Å². The molecule has 3 aromatic carbocycles. The number of rotatable bonds is 8. The largest absolute Gasteiger partial charge is 0.465 e. The normalized spacial score (nSPS) is 15.8. The summed E-state index contributed by atoms with van der Waals surface area (Å²) in [5.74, 6) is -0.849. The van der Waals surface area contributed by atoms with Gasteiger partial charge in [0.05, 0.1) is 43.7 Å². The molecule has 0 unspecified atom stereocenters. The Balaban J connectivity index is 1.47. The Morgan fingerprint density at radius 1 is 0.864 bits per heavy atom. The topological polar surface area (TPSA) is 88.2 Å². The predicted octanol–water partition coefficient (Wildman–Crippen LogP) is 5.24. The van der Waals surface area contributed by atoms with Crippen molar-refractivity contribution in [3.8, 4) is 0 Å². The third kappa shape index (κ3) is 7.00. The van der Waals surface area contributed by atoms with E-state index in [0.29, 0.717) is 68.4 Å². The number of ketones is 1. The summed E-state index contributed by atoms with van der Waals surface area (Å²) >= 11 is 0. The predicted molar refractivity (Wildman–Crippen MR) is 158 cm³/mol. The van der Waals surface area contributed by atoms with Crippen molar-refractivity contribution in [3.05, 3.63) is 100 Å². The Morgan fingerprint density at radius 3 is 2.09 bits per heavy atom. The van der Waals surface area contributed by atoms with Gasteiger partial charge in [0.15, 0.2) is 5.78 Å². The number of hydrogen-bond acceptors (Lipinski definition) is 7. The van der Waals surface area contributed by atoms with Crippen molar-refractivity contribution in [3.63, 3.8) is 0 Å². The Kier molecular flexibility index (Phi) is 9.17. The number of esters is 1. The van der Waals surface area contributed by atoms with Gasteiger partial charge in [-0.05, 0) is 65.6 Å². The lowest BCUT2D eigenvalue weighted by molar-refractivity contribution is -0.137. The summed E-state index contributed by atoms with van der Waals surface area (Å²) in [6, 6.07) is 16.4. The maximum absolute atomic E-state index is 13.3. The molecule has 2 aliphatic rings. The number of benzene rings is 3. The minimum absolute atomic E-state index is 0.0252. The highest BCUT2D eigenvalue weighted by molar-refractivity contribution is 6.28. The molecule has 2 aliphatic heterocycles. The van der Waals surface area contributed by atoms with Crippen LogP contribution in [-0.4, -0.2) is 67.4 Å². The number of methoxy groups -OCH3 is 1. The van der Waals surface area contributed by atoms with E-state index in [1.54, 1.807) is 17.0 Å². The van der Waals surface area contributed by atoms with E-state index in [4.69, 9.17) is 9.47 Å². The number of carbonyl (C=O) groups is 3. The van der Waals surface area contributed by atoms with Gasteiger partial charge in [0.1, 0.15) is 0 Å². The number of ether oxygens (including phenoxy) is 2. The summed E-state index contributed by atoms with van der Waals surface area (Å²) in [4.78, 5) is 41.9. The van der Waals surface area contributed by atoms with Gasteiger partial charge in [-0.3, -0.25) is 14.5 Å². The monoisotopic (exact) mass is 607 g/mol. The summed E-state index contributed by atoms with van der Waals surface area (Å²) in [7, 11) is 1.26. The molecule has 0 spiro atoms. The Labute approximate surface area is 253 Å². The molecule has 0 aliphatic carbocycles. The molecule has 1 amide bonds. The molecule has 1 fully saturated rings. The lowest BCUT2D eigenvalue weighted by atomic mass is 9.94. The standard InChI is InChI=1S/C33H32F3N3O5/c1-21(40)30(22-3-5-24(6-4-22)32(42)43-2)31(23-7-10-27(11-8-23)33(34,35)36)37-28-12-9-25-18-39(19-26(25)17-28)29(41)20-38-13-15-44-16-14-38/h3-12,17,37H,13-16,18-20H2,1-2H3/b31-30+. The number of halogens is 3. The lowest BCUT2D eigenvalue weighted by Gasteiger charge is -2.27. The molecule has 5 rings (SSSR count). The third-order valence-corrected chi connectivity index (χ3v) is 7.71. The summed E-state index contributed by atoms with van der Waals surface area (Å²) in [6.45, 7) is 5.22. The Morgan fingerprint density at radius 2 is 1.48 bits per heavy atom. The summed E-state index contributed by atoms with van der Waals surface area (Å²) in [6.07, 6.45) is -4.52. The van der Waals surface area contributed by atoms with Crippen LogP contribution in [0.2, 0.25) is 0 Å². The fraction of sp³-hybridized carbons (Fsp3) is 0.303.